The van der Waals surface area contributed by atoms with Crippen LogP contribution in [0.15, 0.2) is 22.8 Å². The topological polar surface area (TPSA) is 69.7 Å². The van der Waals surface area contributed by atoms with Crippen LogP contribution in [0, 0.1) is 18.3 Å². The van der Waals surface area contributed by atoms with Crippen LogP contribution < -0.4 is 4.90 Å². The van der Waals surface area contributed by atoms with Crippen LogP contribution >= 0.6 is 0 Å². The summed E-state index contributed by atoms with van der Waals surface area (Å²) in [6.07, 6.45) is 4.75. The van der Waals surface area contributed by atoms with Gasteiger partial charge in [-0.15, -0.1) is 0 Å². The second-order valence-corrected chi connectivity index (χ2v) is 10.1. The number of piperazine rings is 1. The minimum atomic E-state index is -0.265. The predicted octanol–water partition coefficient (Wildman–Crippen LogP) is 4.54. The van der Waals surface area contributed by atoms with Crippen LogP contribution in [-0.2, 0) is 17.8 Å². The van der Waals surface area contributed by atoms with Gasteiger partial charge in [-0.1, -0.05) is 0 Å². The lowest BCUT2D eigenvalue weighted by atomic mass is 9.84. The Labute approximate surface area is 189 Å². The van der Waals surface area contributed by atoms with E-state index in [2.05, 4.69) is 37.8 Å². The second kappa shape index (κ2) is 7.67. The molecule has 6 nitrogen and oxygen atoms in total. The number of rotatable bonds is 3. The van der Waals surface area contributed by atoms with Crippen LogP contribution in [0.3, 0.4) is 0 Å². The fourth-order valence-corrected chi connectivity index (χ4v) is 5.27. The first-order chi connectivity index (χ1) is 15.3. The molecule has 1 aromatic carbocycles. The molecule has 2 aliphatic heterocycles. The third-order valence-corrected chi connectivity index (χ3v) is 7.22. The lowest BCUT2D eigenvalue weighted by molar-refractivity contribution is -0.0405. The second-order valence-electron chi connectivity index (χ2n) is 10.1. The summed E-state index contributed by atoms with van der Waals surface area (Å²) in [4.78, 5) is 17.3. The monoisotopic (exact) mass is 433 g/mol. The van der Waals surface area contributed by atoms with E-state index >= 15 is 0 Å². The average Bonchev–Trinajstić information content (AvgIpc) is 3.51. The average molecular weight is 434 g/mol. The smallest absolute Gasteiger partial charge is 0.257 e. The number of carbonyl (C=O) groups excluding carboxylic acids is 1. The van der Waals surface area contributed by atoms with E-state index in [0.717, 1.165) is 17.7 Å². The standard InChI is InChI=1S/C26H31N3O3/c1-16-14-28(8-9-29(16)25(30)19-7-10-31-17(19)2)24-11-20(18-5-6-18)23-15-32-26(3,4)12-21(23)22(24)13-27/h7,10-11,16,18H,5-6,8-9,12,14-15H2,1-4H3/t16-/m1/s1. The fourth-order valence-electron chi connectivity index (χ4n) is 5.27. The van der Waals surface area contributed by atoms with E-state index in [0.29, 0.717) is 43.5 Å². The van der Waals surface area contributed by atoms with Gasteiger partial charge in [-0.25, -0.2) is 0 Å². The lowest BCUT2D eigenvalue weighted by Gasteiger charge is -2.42. The third-order valence-electron chi connectivity index (χ3n) is 7.22. The molecule has 168 valence electrons. The molecule has 0 bridgehead atoms. The van der Waals surface area contributed by atoms with Crippen LogP contribution in [0.5, 0.6) is 0 Å². The summed E-state index contributed by atoms with van der Waals surface area (Å²) in [5, 5.41) is 10.2. The zero-order valence-electron chi connectivity index (χ0n) is 19.4. The summed E-state index contributed by atoms with van der Waals surface area (Å²) in [6.45, 7) is 10.7. The van der Waals surface area contributed by atoms with Crippen molar-refractivity contribution in [3.05, 3.63) is 52.0 Å². The van der Waals surface area contributed by atoms with E-state index in [1.807, 2.05) is 11.8 Å². The van der Waals surface area contributed by atoms with Crippen molar-refractivity contribution in [2.75, 3.05) is 24.5 Å². The molecule has 0 spiro atoms. The van der Waals surface area contributed by atoms with Crippen LogP contribution in [0.4, 0.5) is 5.69 Å². The highest BCUT2D eigenvalue weighted by Crippen LogP contribution is 2.47. The first kappa shape index (κ1) is 21.1. The SMILES string of the molecule is Cc1occc1C(=O)N1CCN(c2cc(C3CC3)c3c(c2C#N)CC(C)(C)OC3)C[C@H]1C. The molecule has 6 heteroatoms. The number of hydrogen-bond donors (Lipinski definition) is 0. The summed E-state index contributed by atoms with van der Waals surface area (Å²) >= 11 is 0. The maximum Gasteiger partial charge on any atom is 0.257 e. The Morgan fingerprint density at radius 1 is 1.25 bits per heavy atom. The number of anilines is 1. The number of amides is 1. The highest BCUT2D eigenvalue weighted by Gasteiger charge is 2.37. The van der Waals surface area contributed by atoms with Gasteiger partial charge in [-0.2, -0.15) is 5.26 Å². The Morgan fingerprint density at radius 3 is 2.66 bits per heavy atom. The number of carbonyl (C=O) groups is 1. The van der Waals surface area contributed by atoms with Crippen molar-refractivity contribution in [1.82, 2.24) is 4.90 Å². The Hall–Kier alpha value is -2.78. The molecule has 1 amide bonds. The van der Waals surface area contributed by atoms with Gasteiger partial charge >= 0.3 is 0 Å². The number of furan rings is 1. The molecule has 3 heterocycles. The highest BCUT2D eigenvalue weighted by molar-refractivity contribution is 5.95. The summed E-state index contributed by atoms with van der Waals surface area (Å²) in [5.41, 5.74) is 5.97. The molecule has 1 aliphatic carbocycles. The summed E-state index contributed by atoms with van der Waals surface area (Å²) in [7, 11) is 0. The van der Waals surface area contributed by atoms with Crippen molar-refractivity contribution in [1.29, 1.82) is 5.26 Å². The van der Waals surface area contributed by atoms with Crippen molar-refractivity contribution < 1.29 is 13.9 Å². The first-order valence-corrected chi connectivity index (χ1v) is 11.6. The van der Waals surface area contributed by atoms with Gasteiger partial charge in [0.1, 0.15) is 11.8 Å². The van der Waals surface area contributed by atoms with E-state index in [4.69, 9.17) is 9.15 Å². The quantitative estimate of drug-likeness (QED) is 0.711. The van der Waals surface area contributed by atoms with Crippen molar-refractivity contribution >= 4 is 11.6 Å². The maximum absolute atomic E-state index is 13.1. The molecule has 3 aliphatic rings. The van der Waals surface area contributed by atoms with Crippen molar-refractivity contribution in [2.45, 2.75) is 71.1 Å². The fraction of sp³-hybridized carbons (Fsp3) is 0.538. The van der Waals surface area contributed by atoms with E-state index in [1.54, 1.807) is 12.3 Å². The van der Waals surface area contributed by atoms with Crippen LogP contribution in [-0.4, -0.2) is 42.1 Å². The van der Waals surface area contributed by atoms with Crippen molar-refractivity contribution in [3.63, 3.8) is 0 Å². The van der Waals surface area contributed by atoms with Crippen molar-refractivity contribution in [3.8, 4) is 6.07 Å². The lowest BCUT2D eigenvalue weighted by Crippen LogP contribution is -2.54. The van der Waals surface area contributed by atoms with Gasteiger partial charge in [-0.3, -0.25) is 4.79 Å². The third kappa shape index (κ3) is 3.59. The molecule has 1 aromatic heterocycles. The zero-order valence-corrected chi connectivity index (χ0v) is 19.4. The minimum absolute atomic E-state index is 0.0203. The van der Waals surface area contributed by atoms with E-state index in [-0.39, 0.29) is 17.6 Å². The highest BCUT2D eigenvalue weighted by atomic mass is 16.5. The molecule has 0 N–H and O–H groups in total. The van der Waals surface area contributed by atoms with Gasteiger partial charge in [0, 0.05) is 32.1 Å². The maximum atomic E-state index is 13.1. The molecule has 1 saturated heterocycles. The number of ether oxygens (including phenoxy) is 1. The molecular formula is C26H31N3O3. The molecule has 0 radical (unpaired) electrons. The number of aryl methyl sites for hydroxylation is 1. The van der Waals surface area contributed by atoms with Gasteiger partial charge in [-0.05, 0) is 75.3 Å². The molecule has 32 heavy (non-hydrogen) atoms. The molecular weight excluding hydrogens is 402 g/mol. The predicted molar refractivity (Wildman–Crippen MR) is 122 cm³/mol. The Balaban J connectivity index is 1.47. The minimum Gasteiger partial charge on any atom is -0.469 e. The Bertz CT molecular complexity index is 1110. The normalized spacial score (nSPS) is 22.4. The Morgan fingerprint density at radius 2 is 2.03 bits per heavy atom. The molecule has 1 saturated carbocycles. The van der Waals surface area contributed by atoms with Crippen LogP contribution in [0.25, 0.3) is 0 Å². The first-order valence-electron chi connectivity index (χ1n) is 11.6. The van der Waals surface area contributed by atoms with E-state index < -0.39 is 0 Å². The van der Waals surface area contributed by atoms with E-state index in [9.17, 15) is 10.1 Å². The summed E-state index contributed by atoms with van der Waals surface area (Å²) < 4.78 is 11.5. The number of nitrogens with zero attached hydrogens (tertiary/aromatic N) is 3. The molecule has 2 aromatic rings. The number of hydrogen-bond acceptors (Lipinski definition) is 5. The van der Waals surface area contributed by atoms with Gasteiger partial charge in [0.2, 0.25) is 0 Å². The number of fused-ring (bicyclic) bond motifs is 1. The summed E-state index contributed by atoms with van der Waals surface area (Å²) in [5.74, 6) is 1.27. The number of benzene rings is 1. The number of nitriles is 1. The Kier molecular flexibility index (Phi) is 5.05. The van der Waals surface area contributed by atoms with Crippen LogP contribution in [0.1, 0.15) is 77.9 Å². The molecule has 0 unspecified atom stereocenters. The van der Waals surface area contributed by atoms with Crippen molar-refractivity contribution in [2.24, 2.45) is 0 Å². The summed E-state index contributed by atoms with van der Waals surface area (Å²) in [6, 6.07) is 6.57. The van der Waals surface area contributed by atoms with Crippen LogP contribution in [0.2, 0.25) is 0 Å². The van der Waals surface area contributed by atoms with E-state index in [1.165, 1.54) is 29.5 Å². The van der Waals surface area contributed by atoms with Gasteiger partial charge in [0.25, 0.3) is 5.91 Å². The molecule has 1 atom stereocenters. The van der Waals surface area contributed by atoms with Gasteiger partial charge < -0.3 is 19.0 Å². The largest absolute Gasteiger partial charge is 0.469 e. The zero-order chi connectivity index (χ0) is 22.6. The van der Waals surface area contributed by atoms with Gasteiger partial charge in [0.05, 0.1) is 35.3 Å². The van der Waals surface area contributed by atoms with Gasteiger partial charge in [0.15, 0.2) is 0 Å². The molecule has 2 fully saturated rings. The molecule has 5 rings (SSSR count).